The largest absolute Gasteiger partial charge is 0.447 e. The molecule has 0 unspecified atom stereocenters. The Labute approximate surface area is 139 Å². The summed E-state index contributed by atoms with van der Waals surface area (Å²) in [6.07, 6.45) is -1.33. The molecule has 1 saturated heterocycles. The van der Waals surface area contributed by atoms with Crippen molar-refractivity contribution in [2.75, 3.05) is 6.61 Å². The van der Waals surface area contributed by atoms with E-state index < -0.39 is 35.5 Å². The van der Waals surface area contributed by atoms with Gasteiger partial charge < -0.3 is 14.2 Å². The Balaban J connectivity index is 3.07. The molecular formula is C15H22BrNO5. The first-order chi connectivity index (χ1) is 9.98. The van der Waals surface area contributed by atoms with Crippen LogP contribution in [0.5, 0.6) is 0 Å². The predicted octanol–water partition coefficient (Wildman–Crippen LogP) is 2.65. The summed E-state index contributed by atoms with van der Waals surface area (Å²) >= 11 is 2.99. The van der Waals surface area contributed by atoms with Crippen LogP contribution < -0.4 is 0 Å². The van der Waals surface area contributed by atoms with Crippen LogP contribution in [0.3, 0.4) is 0 Å². The molecule has 0 aromatic rings. The molecule has 1 aliphatic heterocycles. The minimum atomic E-state index is -0.876. The van der Waals surface area contributed by atoms with Gasteiger partial charge in [-0.15, -0.1) is 0 Å². The molecule has 0 aromatic heterocycles. The minimum absolute atomic E-state index is 0.200. The van der Waals surface area contributed by atoms with Crippen LogP contribution in [0.4, 0.5) is 4.79 Å². The highest BCUT2D eigenvalue weighted by atomic mass is 79.9. The summed E-state index contributed by atoms with van der Waals surface area (Å²) in [5.41, 5.74) is -1.52. The van der Waals surface area contributed by atoms with Crippen LogP contribution in [0.25, 0.3) is 0 Å². The van der Waals surface area contributed by atoms with Crippen LogP contribution in [0.2, 0.25) is 0 Å². The predicted molar refractivity (Wildman–Crippen MR) is 84.1 cm³/mol. The van der Waals surface area contributed by atoms with Gasteiger partial charge in [0, 0.05) is 22.9 Å². The molecule has 6 nitrogen and oxygen atoms in total. The minimum Gasteiger partial charge on any atom is -0.447 e. The van der Waals surface area contributed by atoms with Crippen molar-refractivity contribution in [1.29, 1.82) is 0 Å². The average molecular weight is 376 g/mol. The molecule has 0 aromatic carbocycles. The highest BCUT2D eigenvalue weighted by molar-refractivity contribution is 9.12. The van der Waals surface area contributed by atoms with Crippen LogP contribution >= 0.6 is 15.9 Å². The number of rotatable bonds is 2. The van der Waals surface area contributed by atoms with E-state index in [2.05, 4.69) is 26.7 Å². The summed E-state index contributed by atoms with van der Waals surface area (Å²) in [7, 11) is 0. The van der Waals surface area contributed by atoms with Crippen molar-refractivity contribution < 1.29 is 23.8 Å². The lowest BCUT2D eigenvalue weighted by Gasteiger charge is -2.36. The average Bonchev–Trinajstić information content (AvgIpc) is 2.61. The standard InChI is InChI=1S/C15H22BrNO5/c1-10(18)21-12(7-8-16)11-9-20-15(5,6)17(11)13(19)22-14(2,3)4/h11-12H,9H2,1-6H3/t11-,12+/m0/s1. The molecule has 1 amide bonds. The molecule has 0 aliphatic carbocycles. The molecule has 0 saturated carbocycles. The molecule has 124 valence electrons. The zero-order valence-corrected chi connectivity index (χ0v) is 15.3. The molecule has 0 radical (unpaired) electrons. The van der Waals surface area contributed by atoms with Gasteiger partial charge in [0.25, 0.3) is 0 Å². The van der Waals surface area contributed by atoms with Crippen molar-refractivity contribution in [3.63, 3.8) is 0 Å². The number of ether oxygens (including phenoxy) is 3. The van der Waals surface area contributed by atoms with Crippen molar-refractivity contribution >= 4 is 28.0 Å². The van der Waals surface area contributed by atoms with Gasteiger partial charge in [0.15, 0.2) is 6.10 Å². The summed E-state index contributed by atoms with van der Waals surface area (Å²) in [5, 5.41) is 0. The van der Waals surface area contributed by atoms with Gasteiger partial charge in [-0.3, -0.25) is 9.69 Å². The number of halogens is 1. The van der Waals surface area contributed by atoms with Gasteiger partial charge in [0.05, 0.1) is 6.61 Å². The quantitative estimate of drug-likeness (QED) is 0.548. The van der Waals surface area contributed by atoms with Crippen molar-refractivity contribution in [2.24, 2.45) is 0 Å². The van der Waals surface area contributed by atoms with Crippen LogP contribution in [0.1, 0.15) is 41.5 Å². The summed E-state index contributed by atoms with van der Waals surface area (Å²) in [5.74, 6) is 2.26. The maximum absolute atomic E-state index is 12.5. The Morgan fingerprint density at radius 1 is 1.41 bits per heavy atom. The van der Waals surface area contributed by atoms with Crippen molar-refractivity contribution in [3.05, 3.63) is 0 Å². The van der Waals surface area contributed by atoms with Crippen molar-refractivity contribution in [2.45, 2.75) is 65.0 Å². The number of carbonyl (C=O) groups is 2. The summed E-state index contributed by atoms with van der Waals surface area (Å²) in [6.45, 7) is 10.4. The molecule has 2 atom stereocenters. The van der Waals surface area contributed by atoms with Gasteiger partial charge in [-0.2, -0.15) is 0 Å². The van der Waals surface area contributed by atoms with Crippen molar-refractivity contribution in [3.8, 4) is 10.8 Å². The van der Waals surface area contributed by atoms with E-state index in [9.17, 15) is 9.59 Å². The third-order valence-electron chi connectivity index (χ3n) is 2.95. The van der Waals surface area contributed by atoms with Gasteiger partial charge in [0.1, 0.15) is 17.4 Å². The van der Waals surface area contributed by atoms with Gasteiger partial charge >= 0.3 is 12.1 Å². The first-order valence-electron chi connectivity index (χ1n) is 6.92. The monoisotopic (exact) mass is 375 g/mol. The highest BCUT2D eigenvalue weighted by Crippen LogP contribution is 2.31. The van der Waals surface area contributed by atoms with Gasteiger partial charge in [-0.05, 0) is 45.4 Å². The first kappa shape index (κ1) is 18.8. The first-order valence-corrected chi connectivity index (χ1v) is 7.72. The van der Waals surface area contributed by atoms with Gasteiger partial charge in [-0.25, -0.2) is 4.79 Å². The highest BCUT2D eigenvalue weighted by Gasteiger charge is 2.49. The van der Waals surface area contributed by atoms with E-state index in [1.807, 2.05) is 0 Å². The third-order valence-corrected chi connectivity index (χ3v) is 3.18. The lowest BCUT2D eigenvalue weighted by molar-refractivity contribution is -0.146. The maximum atomic E-state index is 12.5. The Hall–Kier alpha value is -1.26. The SMILES string of the molecule is CC(=O)O[C@H](C#CBr)[C@@H]1COC(C)(C)N1C(=O)OC(C)(C)C. The molecule has 1 rings (SSSR count). The van der Waals surface area contributed by atoms with Gasteiger partial charge in [-0.1, -0.05) is 0 Å². The molecule has 0 spiro atoms. The molecule has 0 bridgehead atoms. The smallest absolute Gasteiger partial charge is 0.413 e. The normalized spacial score (nSPS) is 21.6. The van der Waals surface area contributed by atoms with E-state index in [1.54, 1.807) is 34.6 Å². The van der Waals surface area contributed by atoms with Crippen LogP contribution in [0, 0.1) is 10.8 Å². The second kappa shape index (κ2) is 6.88. The maximum Gasteiger partial charge on any atom is 0.413 e. The van der Waals surface area contributed by atoms with Crippen molar-refractivity contribution in [1.82, 2.24) is 4.90 Å². The van der Waals surface area contributed by atoms with Gasteiger partial charge in [0.2, 0.25) is 0 Å². The Bertz CT molecular complexity index is 500. The summed E-state index contributed by atoms with van der Waals surface area (Å²) in [4.78, 5) is 27.7. The fourth-order valence-corrected chi connectivity index (χ4v) is 2.38. The number of hydrogen-bond acceptors (Lipinski definition) is 5. The third kappa shape index (κ3) is 4.89. The number of nitrogens with zero attached hydrogens (tertiary/aromatic N) is 1. The Morgan fingerprint density at radius 2 is 2.00 bits per heavy atom. The topological polar surface area (TPSA) is 65.1 Å². The zero-order valence-electron chi connectivity index (χ0n) is 13.7. The van der Waals surface area contributed by atoms with E-state index in [4.69, 9.17) is 14.2 Å². The lowest BCUT2D eigenvalue weighted by atomic mass is 10.1. The second-order valence-electron chi connectivity index (χ2n) is 6.44. The van der Waals surface area contributed by atoms with Crippen LogP contribution in [0.15, 0.2) is 0 Å². The molecule has 1 fully saturated rings. The second-order valence-corrected chi connectivity index (χ2v) is 6.84. The van der Waals surface area contributed by atoms with E-state index in [0.29, 0.717) is 0 Å². The lowest BCUT2D eigenvalue weighted by Crippen LogP contribution is -2.53. The molecule has 0 N–H and O–H groups in total. The number of carbonyl (C=O) groups excluding carboxylic acids is 2. The molecule has 1 heterocycles. The number of hydrogen-bond donors (Lipinski definition) is 0. The summed E-state index contributed by atoms with van der Waals surface area (Å²) < 4.78 is 16.3. The Kier molecular flexibility index (Phi) is 5.88. The fraction of sp³-hybridized carbons (Fsp3) is 0.733. The molecule has 1 aliphatic rings. The summed E-state index contributed by atoms with van der Waals surface area (Å²) in [6, 6.07) is -0.543. The number of amides is 1. The van der Waals surface area contributed by atoms with E-state index in [0.717, 1.165) is 0 Å². The van der Waals surface area contributed by atoms with E-state index in [-0.39, 0.29) is 6.61 Å². The van der Waals surface area contributed by atoms with Crippen LogP contribution in [-0.2, 0) is 19.0 Å². The van der Waals surface area contributed by atoms with Crippen LogP contribution in [-0.4, -0.2) is 47.0 Å². The molecule has 22 heavy (non-hydrogen) atoms. The Morgan fingerprint density at radius 3 is 2.45 bits per heavy atom. The zero-order chi connectivity index (χ0) is 17.1. The molecular weight excluding hydrogens is 354 g/mol. The van der Waals surface area contributed by atoms with E-state index in [1.165, 1.54) is 11.8 Å². The fourth-order valence-electron chi connectivity index (χ4n) is 2.16. The van der Waals surface area contributed by atoms with E-state index >= 15 is 0 Å². The molecule has 7 heteroatoms. The number of esters is 1.